The number of carbonyl (C=O) groups is 1. The van der Waals surface area contributed by atoms with Crippen LogP contribution in [0.3, 0.4) is 0 Å². The fourth-order valence-electron chi connectivity index (χ4n) is 2.68. The van der Waals surface area contributed by atoms with Crippen LogP contribution < -0.4 is 4.74 Å². The number of ether oxygens (including phenoxy) is 1. The Bertz CT molecular complexity index is 665. The lowest BCUT2D eigenvalue weighted by atomic mass is 10.1. The summed E-state index contributed by atoms with van der Waals surface area (Å²) in [5.74, 6) is 0.802. The van der Waals surface area contributed by atoms with Crippen LogP contribution in [0.25, 0.3) is 0 Å². The van der Waals surface area contributed by atoms with Gasteiger partial charge in [-0.25, -0.2) is 0 Å². The van der Waals surface area contributed by atoms with E-state index in [0.29, 0.717) is 6.42 Å². The minimum absolute atomic E-state index is 0.0553. The third-order valence-electron chi connectivity index (χ3n) is 4.35. The van der Waals surface area contributed by atoms with Crippen molar-refractivity contribution in [2.45, 2.75) is 32.3 Å². The van der Waals surface area contributed by atoms with E-state index in [1.165, 1.54) is 11.1 Å². The Morgan fingerprint density at radius 3 is 2.36 bits per heavy atom. The fraction of sp³-hybridized carbons (Fsp3) is 0.381. The molecular formula is C21H27NO3. The quantitative estimate of drug-likeness (QED) is 0.799. The Morgan fingerprint density at radius 1 is 1.12 bits per heavy atom. The summed E-state index contributed by atoms with van der Waals surface area (Å²) < 4.78 is 5.11. The lowest BCUT2D eigenvalue weighted by Crippen LogP contribution is -2.31. The van der Waals surface area contributed by atoms with Crippen LogP contribution in [0.5, 0.6) is 5.75 Å². The van der Waals surface area contributed by atoms with Gasteiger partial charge in [-0.1, -0.05) is 42.0 Å². The molecule has 0 aliphatic carbocycles. The highest BCUT2D eigenvalue weighted by Crippen LogP contribution is 2.18. The summed E-state index contributed by atoms with van der Waals surface area (Å²) >= 11 is 0. The van der Waals surface area contributed by atoms with Crippen LogP contribution in [0, 0.1) is 6.92 Å². The molecule has 2 aromatic carbocycles. The van der Waals surface area contributed by atoms with Gasteiger partial charge in [0.05, 0.1) is 19.8 Å². The molecule has 2 aromatic rings. The summed E-state index contributed by atoms with van der Waals surface area (Å²) in [6.07, 6.45) is 1.49. The lowest BCUT2D eigenvalue weighted by molar-refractivity contribution is -0.131. The maximum absolute atomic E-state index is 12.2. The number of aliphatic hydroxyl groups excluding tert-OH is 1. The molecule has 0 aromatic heterocycles. The summed E-state index contributed by atoms with van der Waals surface area (Å²) in [6, 6.07) is 15.7. The number of methoxy groups -OCH3 is 1. The first-order valence-corrected chi connectivity index (χ1v) is 8.61. The first kappa shape index (κ1) is 19.0. The molecule has 0 saturated heterocycles. The van der Waals surface area contributed by atoms with E-state index in [2.05, 4.69) is 31.2 Å². The minimum Gasteiger partial charge on any atom is -0.497 e. The van der Waals surface area contributed by atoms with Crippen molar-refractivity contribution in [3.8, 4) is 5.75 Å². The molecule has 0 saturated carbocycles. The first-order valence-electron chi connectivity index (χ1n) is 8.61. The number of hydrogen-bond donors (Lipinski definition) is 1. The molecule has 0 bridgehead atoms. The molecule has 2 rings (SSSR count). The second-order valence-corrected chi connectivity index (χ2v) is 6.40. The molecule has 25 heavy (non-hydrogen) atoms. The van der Waals surface area contributed by atoms with E-state index in [-0.39, 0.29) is 12.5 Å². The average molecular weight is 341 g/mol. The summed E-state index contributed by atoms with van der Waals surface area (Å²) in [6.45, 7) is 2.35. The predicted octanol–water partition coefficient (Wildman–Crippen LogP) is 3.52. The van der Waals surface area contributed by atoms with Crippen LogP contribution in [0.2, 0.25) is 0 Å². The third kappa shape index (κ3) is 5.91. The fourth-order valence-corrected chi connectivity index (χ4v) is 2.68. The number of likely N-dealkylation sites (N-methyl/N-ethyl adjacent to an activating group) is 1. The van der Waals surface area contributed by atoms with Gasteiger partial charge in [-0.05, 0) is 43.0 Å². The second kappa shape index (κ2) is 9.23. The number of nitrogens with zero attached hydrogens (tertiary/aromatic N) is 1. The number of hydrogen-bond acceptors (Lipinski definition) is 3. The van der Waals surface area contributed by atoms with Crippen molar-refractivity contribution < 1.29 is 14.6 Å². The van der Waals surface area contributed by atoms with E-state index in [1.807, 2.05) is 24.3 Å². The summed E-state index contributed by atoms with van der Waals surface area (Å²) in [4.78, 5) is 13.9. The number of amides is 1. The van der Waals surface area contributed by atoms with Crippen molar-refractivity contribution in [2.24, 2.45) is 0 Å². The van der Waals surface area contributed by atoms with E-state index in [0.717, 1.165) is 24.2 Å². The molecule has 1 N–H and O–H groups in total. The number of carbonyl (C=O) groups excluding carboxylic acids is 1. The molecule has 1 unspecified atom stereocenters. The largest absolute Gasteiger partial charge is 0.497 e. The Morgan fingerprint density at radius 2 is 1.76 bits per heavy atom. The van der Waals surface area contributed by atoms with Gasteiger partial charge < -0.3 is 14.7 Å². The van der Waals surface area contributed by atoms with Crippen molar-refractivity contribution in [3.63, 3.8) is 0 Å². The second-order valence-electron chi connectivity index (χ2n) is 6.40. The number of rotatable bonds is 8. The molecule has 4 nitrogen and oxygen atoms in total. The highest BCUT2D eigenvalue weighted by Gasteiger charge is 2.15. The van der Waals surface area contributed by atoms with Gasteiger partial charge in [0.1, 0.15) is 5.75 Å². The molecule has 0 radical (unpaired) electrons. The molecule has 0 aliphatic rings. The molecule has 1 amide bonds. The van der Waals surface area contributed by atoms with E-state index < -0.39 is 6.10 Å². The zero-order valence-corrected chi connectivity index (χ0v) is 15.2. The number of benzene rings is 2. The van der Waals surface area contributed by atoms with Gasteiger partial charge in [0, 0.05) is 13.5 Å². The van der Waals surface area contributed by atoms with Gasteiger partial charge in [-0.2, -0.15) is 0 Å². The zero-order chi connectivity index (χ0) is 18.2. The van der Waals surface area contributed by atoms with Crippen LogP contribution in [-0.4, -0.2) is 36.6 Å². The van der Waals surface area contributed by atoms with Gasteiger partial charge in [0.2, 0.25) is 5.91 Å². The average Bonchev–Trinajstić information content (AvgIpc) is 2.63. The van der Waals surface area contributed by atoms with Crippen molar-refractivity contribution in [1.29, 1.82) is 0 Å². The number of aryl methyl sites for hydroxylation is 2. The van der Waals surface area contributed by atoms with Gasteiger partial charge >= 0.3 is 0 Å². The summed E-state index contributed by atoms with van der Waals surface area (Å²) in [5, 5.41) is 10.3. The monoisotopic (exact) mass is 341 g/mol. The number of aliphatic hydroxyl groups is 1. The van der Waals surface area contributed by atoms with Crippen LogP contribution >= 0.6 is 0 Å². The topological polar surface area (TPSA) is 49.8 Å². The Labute approximate surface area is 150 Å². The molecular weight excluding hydrogens is 314 g/mol. The molecule has 0 heterocycles. The molecule has 134 valence electrons. The molecule has 0 aliphatic heterocycles. The first-order chi connectivity index (χ1) is 12.0. The Kier molecular flexibility index (Phi) is 7.02. The van der Waals surface area contributed by atoms with Crippen molar-refractivity contribution in [1.82, 2.24) is 4.90 Å². The smallest absolute Gasteiger partial charge is 0.222 e. The minimum atomic E-state index is -0.697. The summed E-state index contributed by atoms with van der Waals surface area (Å²) in [5.41, 5.74) is 3.27. The van der Waals surface area contributed by atoms with Crippen LogP contribution in [0.15, 0.2) is 48.5 Å². The lowest BCUT2D eigenvalue weighted by Gasteiger charge is -2.21. The zero-order valence-electron chi connectivity index (χ0n) is 15.2. The Balaban J connectivity index is 1.77. The summed E-state index contributed by atoms with van der Waals surface area (Å²) in [7, 11) is 3.34. The van der Waals surface area contributed by atoms with Crippen molar-refractivity contribution in [2.75, 3.05) is 20.7 Å². The van der Waals surface area contributed by atoms with Gasteiger partial charge in [-0.15, -0.1) is 0 Å². The highest BCUT2D eigenvalue weighted by molar-refractivity contribution is 5.75. The van der Waals surface area contributed by atoms with Crippen molar-refractivity contribution >= 4 is 5.91 Å². The SMILES string of the molecule is COc1ccc(C(O)CN(C)C(=O)CCCc2ccc(C)cc2)cc1. The molecule has 1 atom stereocenters. The van der Waals surface area contributed by atoms with E-state index in [1.54, 1.807) is 19.1 Å². The van der Waals surface area contributed by atoms with Crippen molar-refractivity contribution in [3.05, 3.63) is 65.2 Å². The predicted molar refractivity (Wildman–Crippen MR) is 99.7 cm³/mol. The maximum atomic E-state index is 12.2. The van der Waals surface area contributed by atoms with Crippen LogP contribution in [-0.2, 0) is 11.2 Å². The molecule has 0 fully saturated rings. The van der Waals surface area contributed by atoms with E-state index >= 15 is 0 Å². The van der Waals surface area contributed by atoms with E-state index in [9.17, 15) is 9.90 Å². The van der Waals surface area contributed by atoms with E-state index in [4.69, 9.17) is 4.74 Å². The Hall–Kier alpha value is -2.33. The highest BCUT2D eigenvalue weighted by atomic mass is 16.5. The van der Waals surface area contributed by atoms with Gasteiger partial charge in [0.15, 0.2) is 0 Å². The normalized spacial score (nSPS) is 11.8. The van der Waals surface area contributed by atoms with Crippen LogP contribution in [0.1, 0.15) is 35.6 Å². The third-order valence-corrected chi connectivity index (χ3v) is 4.35. The van der Waals surface area contributed by atoms with Gasteiger partial charge in [-0.3, -0.25) is 4.79 Å². The molecule has 4 heteroatoms. The standard InChI is InChI=1S/C21H27NO3/c1-16-7-9-17(10-8-16)5-4-6-21(24)22(2)15-20(23)18-11-13-19(25-3)14-12-18/h7-14,20,23H,4-6,15H2,1-3H3. The van der Waals surface area contributed by atoms with Gasteiger partial charge in [0.25, 0.3) is 0 Å². The molecule has 0 spiro atoms. The van der Waals surface area contributed by atoms with Crippen LogP contribution in [0.4, 0.5) is 0 Å². The maximum Gasteiger partial charge on any atom is 0.222 e.